The van der Waals surface area contributed by atoms with Crippen molar-refractivity contribution < 1.29 is 9.72 Å². The highest BCUT2D eigenvalue weighted by atomic mass is 16.6. The van der Waals surface area contributed by atoms with Crippen LogP contribution in [0.1, 0.15) is 13.8 Å². The fourth-order valence-corrected chi connectivity index (χ4v) is 1.10. The number of anilines is 2. The molecule has 6 N–H and O–H groups in total. The SMILES string of the molecule is CC(C)(CNc1nc(NN)ncc1[N+](=O)[O-])C(N)=O. The van der Waals surface area contributed by atoms with Crippen LogP contribution in [0.25, 0.3) is 0 Å². The molecular formula is C9H15N7O3. The average molecular weight is 269 g/mol. The minimum Gasteiger partial charge on any atom is -0.369 e. The lowest BCUT2D eigenvalue weighted by Gasteiger charge is -2.20. The summed E-state index contributed by atoms with van der Waals surface area (Å²) in [6, 6.07) is 0. The predicted molar refractivity (Wildman–Crippen MR) is 68.0 cm³/mol. The Hall–Kier alpha value is -2.49. The topological polar surface area (TPSA) is 162 Å². The molecule has 0 fully saturated rings. The standard InChI is InChI=1S/C9H15N7O3/c1-9(2,7(10)17)4-13-6-5(16(18)19)3-12-8(14-6)15-11/h3H,4,11H2,1-2H3,(H2,10,17)(H2,12,13,14,15). The maximum absolute atomic E-state index is 11.2. The van der Waals surface area contributed by atoms with Crippen molar-refractivity contribution in [2.24, 2.45) is 17.0 Å². The van der Waals surface area contributed by atoms with E-state index < -0.39 is 16.2 Å². The zero-order valence-electron chi connectivity index (χ0n) is 10.5. The zero-order valence-corrected chi connectivity index (χ0v) is 10.5. The number of amides is 1. The molecule has 1 amide bonds. The van der Waals surface area contributed by atoms with Gasteiger partial charge in [0.15, 0.2) is 0 Å². The highest BCUT2D eigenvalue weighted by Gasteiger charge is 2.26. The maximum atomic E-state index is 11.2. The van der Waals surface area contributed by atoms with Gasteiger partial charge in [-0.05, 0) is 13.8 Å². The van der Waals surface area contributed by atoms with E-state index >= 15 is 0 Å². The summed E-state index contributed by atoms with van der Waals surface area (Å²) >= 11 is 0. The predicted octanol–water partition coefficient (Wildman–Crippen LogP) is -0.406. The van der Waals surface area contributed by atoms with Crippen LogP contribution in [-0.2, 0) is 4.79 Å². The van der Waals surface area contributed by atoms with Crippen LogP contribution in [-0.4, -0.2) is 27.3 Å². The van der Waals surface area contributed by atoms with Crippen LogP contribution in [0.15, 0.2) is 6.20 Å². The van der Waals surface area contributed by atoms with E-state index in [-0.39, 0.29) is 24.0 Å². The van der Waals surface area contributed by atoms with Crippen molar-refractivity contribution in [2.75, 3.05) is 17.3 Å². The summed E-state index contributed by atoms with van der Waals surface area (Å²) in [7, 11) is 0. The minimum atomic E-state index is -0.880. The number of hydrazine groups is 1. The summed E-state index contributed by atoms with van der Waals surface area (Å²) in [6.07, 6.45) is 1.02. The van der Waals surface area contributed by atoms with E-state index in [0.29, 0.717) is 0 Å². The Bertz CT molecular complexity index is 503. The summed E-state index contributed by atoms with van der Waals surface area (Å²) in [5.74, 6) is 4.57. The van der Waals surface area contributed by atoms with Crippen LogP contribution in [0, 0.1) is 15.5 Å². The molecule has 0 spiro atoms. The first-order valence-corrected chi connectivity index (χ1v) is 5.30. The number of nitrogens with one attached hydrogen (secondary N) is 2. The zero-order chi connectivity index (χ0) is 14.6. The third-order valence-corrected chi connectivity index (χ3v) is 2.46. The number of hydrogen-bond donors (Lipinski definition) is 4. The first-order valence-electron chi connectivity index (χ1n) is 5.30. The molecule has 0 bridgehead atoms. The number of nitrogen functional groups attached to an aromatic ring is 1. The molecule has 0 saturated heterocycles. The lowest BCUT2D eigenvalue weighted by atomic mass is 9.93. The molecule has 1 aromatic rings. The summed E-state index contributed by atoms with van der Waals surface area (Å²) in [4.78, 5) is 28.8. The van der Waals surface area contributed by atoms with Gasteiger partial charge in [-0.1, -0.05) is 0 Å². The number of nitrogens with zero attached hydrogens (tertiary/aromatic N) is 3. The third kappa shape index (κ3) is 3.48. The van der Waals surface area contributed by atoms with Crippen molar-refractivity contribution in [2.45, 2.75) is 13.8 Å². The molecular weight excluding hydrogens is 254 g/mol. The molecule has 0 aromatic carbocycles. The molecule has 0 aliphatic heterocycles. The van der Waals surface area contributed by atoms with Crippen molar-refractivity contribution in [3.8, 4) is 0 Å². The van der Waals surface area contributed by atoms with Crippen LogP contribution >= 0.6 is 0 Å². The lowest BCUT2D eigenvalue weighted by molar-refractivity contribution is -0.384. The lowest BCUT2D eigenvalue weighted by Crippen LogP contribution is -2.37. The molecule has 0 aliphatic rings. The Morgan fingerprint density at radius 2 is 2.21 bits per heavy atom. The number of nitrogens with two attached hydrogens (primary N) is 2. The van der Waals surface area contributed by atoms with Gasteiger partial charge in [-0.25, -0.2) is 10.8 Å². The van der Waals surface area contributed by atoms with Gasteiger partial charge in [0.2, 0.25) is 17.7 Å². The van der Waals surface area contributed by atoms with Gasteiger partial charge in [-0.2, -0.15) is 4.98 Å². The fraction of sp³-hybridized carbons (Fsp3) is 0.444. The number of carbonyl (C=O) groups is 1. The highest BCUT2D eigenvalue weighted by Crippen LogP contribution is 2.23. The Kier molecular flexibility index (Phi) is 4.17. The number of nitro groups is 1. The van der Waals surface area contributed by atoms with Gasteiger partial charge in [0.1, 0.15) is 6.20 Å². The van der Waals surface area contributed by atoms with E-state index in [9.17, 15) is 14.9 Å². The van der Waals surface area contributed by atoms with E-state index in [1.54, 1.807) is 13.8 Å². The first-order chi connectivity index (χ1) is 8.77. The quantitative estimate of drug-likeness (QED) is 0.308. The maximum Gasteiger partial charge on any atom is 0.329 e. The summed E-state index contributed by atoms with van der Waals surface area (Å²) in [5.41, 5.74) is 6.19. The fourth-order valence-electron chi connectivity index (χ4n) is 1.10. The molecule has 0 radical (unpaired) electrons. The van der Waals surface area contributed by atoms with Gasteiger partial charge in [0.05, 0.1) is 10.3 Å². The van der Waals surface area contributed by atoms with E-state index in [4.69, 9.17) is 11.6 Å². The molecule has 1 rings (SSSR count). The molecule has 19 heavy (non-hydrogen) atoms. The monoisotopic (exact) mass is 269 g/mol. The number of carbonyl (C=O) groups excluding carboxylic acids is 1. The van der Waals surface area contributed by atoms with Gasteiger partial charge in [-0.3, -0.25) is 20.3 Å². The number of hydrogen-bond acceptors (Lipinski definition) is 8. The summed E-state index contributed by atoms with van der Waals surface area (Å²) in [5, 5.41) is 13.5. The molecule has 1 aromatic heterocycles. The van der Waals surface area contributed by atoms with E-state index in [1.165, 1.54) is 0 Å². The Morgan fingerprint density at radius 1 is 1.58 bits per heavy atom. The summed E-state index contributed by atoms with van der Waals surface area (Å²) in [6.45, 7) is 3.30. The van der Waals surface area contributed by atoms with Crippen molar-refractivity contribution in [1.29, 1.82) is 0 Å². The van der Waals surface area contributed by atoms with Crippen molar-refractivity contribution in [3.05, 3.63) is 16.3 Å². The van der Waals surface area contributed by atoms with Crippen LogP contribution < -0.4 is 22.3 Å². The van der Waals surface area contributed by atoms with Gasteiger partial charge in [-0.15, -0.1) is 0 Å². The van der Waals surface area contributed by atoms with E-state index in [0.717, 1.165) is 6.20 Å². The van der Waals surface area contributed by atoms with Crippen LogP contribution in [0.5, 0.6) is 0 Å². The molecule has 0 aliphatic carbocycles. The summed E-state index contributed by atoms with van der Waals surface area (Å²) < 4.78 is 0. The molecule has 0 saturated carbocycles. The van der Waals surface area contributed by atoms with E-state index in [1.807, 2.05) is 0 Å². The second kappa shape index (κ2) is 5.44. The first kappa shape index (κ1) is 14.6. The Labute approximate surface area is 108 Å². The number of aromatic nitrogens is 2. The molecule has 0 unspecified atom stereocenters. The van der Waals surface area contributed by atoms with E-state index in [2.05, 4.69) is 20.7 Å². The highest BCUT2D eigenvalue weighted by molar-refractivity contribution is 5.80. The van der Waals surface area contributed by atoms with Gasteiger partial charge in [0.25, 0.3) is 0 Å². The molecule has 10 nitrogen and oxygen atoms in total. The van der Waals surface area contributed by atoms with Crippen LogP contribution in [0.4, 0.5) is 17.5 Å². The number of rotatable bonds is 6. The smallest absolute Gasteiger partial charge is 0.329 e. The van der Waals surface area contributed by atoms with Crippen LogP contribution in [0.3, 0.4) is 0 Å². The average Bonchev–Trinajstić information content (AvgIpc) is 2.35. The second-order valence-electron chi connectivity index (χ2n) is 4.43. The van der Waals surface area contributed by atoms with Crippen molar-refractivity contribution in [1.82, 2.24) is 9.97 Å². The van der Waals surface area contributed by atoms with Crippen LogP contribution in [0.2, 0.25) is 0 Å². The second-order valence-corrected chi connectivity index (χ2v) is 4.43. The molecule has 104 valence electrons. The van der Waals surface area contributed by atoms with Gasteiger partial charge in [0, 0.05) is 6.54 Å². The normalized spacial score (nSPS) is 10.9. The van der Waals surface area contributed by atoms with Crippen molar-refractivity contribution >= 4 is 23.4 Å². The largest absolute Gasteiger partial charge is 0.369 e. The molecule has 10 heteroatoms. The van der Waals surface area contributed by atoms with Gasteiger partial charge < -0.3 is 11.1 Å². The third-order valence-electron chi connectivity index (χ3n) is 2.46. The minimum absolute atomic E-state index is 0.0185. The molecule has 0 atom stereocenters. The molecule has 1 heterocycles. The Balaban J connectivity index is 2.98. The number of primary amides is 1. The Morgan fingerprint density at radius 3 is 2.68 bits per heavy atom. The van der Waals surface area contributed by atoms with Gasteiger partial charge >= 0.3 is 5.69 Å². The van der Waals surface area contributed by atoms with Crippen molar-refractivity contribution in [3.63, 3.8) is 0 Å².